The Kier molecular flexibility index (Phi) is 5.10. The van der Waals surface area contributed by atoms with E-state index in [1.807, 2.05) is 6.92 Å². The molecular formula is C16H21N3O4. The molecular weight excluding hydrogens is 298 g/mol. The highest BCUT2D eigenvalue weighted by molar-refractivity contribution is 5.95. The van der Waals surface area contributed by atoms with Crippen molar-refractivity contribution in [1.82, 2.24) is 5.32 Å². The van der Waals surface area contributed by atoms with Crippen LogP contribution in [0.1, 0.15) is 32.4 Å². The van der Waals surface area contributed by atoms with Crippen molar-refractivity contribution < 1.29 is 19.4 Å². The number of phenolic OH excluding ortho intramolecular Hbond substituents is 1. The number of rotatable bonds is 5. The summed E-state index contributed by atoms with van der Waals surface area (Å²) in [5.41, 5.74) is 7.44. The highest BCUT2D eigenvalue weighted by Gasteiger charge is 2.30. The predicted octanol–water partition coefficient (Wildman–Crippen LogP) is 1.59. The van der Waals surface area contributed by atoms with Gasteiger partial charge in [-0.15, -0.1) is 0 Å². The van der Waals surface area contributed by atoms with Gasteiger partial charge in [0.05, 0.1) is 18.8 Å². The number of hydrogen-bond acceptors (Lipinski definition) is 7. The number of nitrogens with zero attached hydrogens (tertiary/aromatic N) is 1. The van der Waals surface area contributed by atoms with Crippen LogP contribution in [-0.4, -0.2) is 30.2 Å². The number of allylic oxidation sites excluding steroid dienone is 1. The minimum Gasteiger partial charge on any atom is -0.504 e. The minimum atomic E-state index is -0.616. The van der Waals surface area contributed by atoms with Crippen LogP contribution < -0.4 is 15.8 Å². The third kappa shape index (κ3) is 3.56. The summed E-state index contributed by atoms with van der Waals surface area (Å²) in [6.07, 6.45) is 0. The summed E-state index contributed by atoms with van der Waals surface area (Å²) in [4.78, 5) is 16.6. The van der Waals surface area contributed by atoms with Crippen LogP contribution in [-0.2, 0) is 9.53 Å². The van der Waals surface area contributed by atoms with Crippen molar-refractivity contribution in [3.05, 3.63) is 35.0 Å². The fourth-order valence-corrected chi connectivity index (χ4v) is 2.39. The predicted molar refractivity (Wildman–Crippen MR) is 86.1 cm³/mol. The molecule has 1 aliphatic rings. The summed E-state index contributed by atoms with van der Waals surface area (Å²) in [6.45, 7) is 5.98. The number of aliphatic imine (C=N–C) groups is 1. The molecule has 0 radical (unpaired) electrons. The van der Waals surface area contributed by atoms with Gasteiger partial charge >= 0.3 is 5.97 Å². The Morgan fingerprint density at radius 2 is 2.13 bits per heavy atom. The van der Waals surface area contributed by atoms with Crippen molar-refractivity contribution in [1.29, 1.82) is 0 Å². The molecule has 7 heteroatoms. The van der Waals surface area contributed by atoms with Gasteiger partial charge in [-0.05, 0) is 38.5 Å². The number of guanidine groups is 1. The van der Waals surface area contributed by atoms with E-state index in [0.717, 1.165) is 0 Å². The molecule has 124 valence electrons. The molecule has 0 aromatic heterocycles. The van der Waals surface area contributed by atoms with Gasteiger partial charge in [-0.3, -0.25) is 0 Å². The molecule has 0 bridgehead atoms. The second-order valence-electron chi connectivity index (χ2n) is 4.96. The number of phenols is 1. The van der Waals surface area contributed by atoms with E-state index in [4.69, 9.17) is 15.2 Å². The van der Waals surface area contributed by atoms with Crippen LogP contribution in [0, 0.1) is 0 Å². The Hall–Kier alpha value is -2.70. The molecule has 0 amide bonds. The summed E-state index contributed by atoms with van der Waals surface area (Å²) < 4.78 is 10.5. The smallest absolute Gasteiger partial charge is 0.338 e. The van der Waals surface area contributed by atoms with E-state index in [0.29, 0.717) is 29.2 Å². The lowest BCUT2D eigenvalue weighted by Crippen LogP contribution is -2.37. The van der Waals surface area contributed by atoms with Crippen molar-refractivity contribution in [3.63, 3.8) is 0 Å². The van der Waals surface area contributed by atoms with E-state index in [1.165, 1.54) is 6.07 Å². The zero-order valence-electron chi connectivity index (χ0n) is 13.4. The van der Waals surface area contributed by atoms with Gasteiger partial charge in [-0.25, -0.2) is 9.79 Å². The van der Waals surface area contributed by atoms with Crippen LogP contribution >= 0.6 is 0 Å². The summed E-state index contributed by atoms with van der Waals surface area (Å²) in [5, 5.41) is 12.7. The first-order chi connectivity index (χ1) is 11.0. The fourth-order valence-electron chi connectivity index (χ4n) is 2.39. The van der Waals surface area contributed by atoms with Crippen molar-refractivity contribution in [3.8, 4) is 11.5 Å². The maximum atomic E-state index is 12.3. The van der Waals surface area contributed by atoms with Gasteiger partial charge in [-0.2, -0.15) is 0 Å². The monoisotopic (exact) mass is 319 g/mol. The van der Waals surface area contributed by atoms with Crippen molar-refractivity contribution in [2.45, 2.75) is 26.8 Å². The number of nitrogens with one attached hydrogen (secondary N) is 1. The zero-order valence-corrected chi connectivity index (χ0v) is 13.4. The maximum absolute atomic E-state index is 12.3. The summed E-state index contributed by atoms with van der Waals surface area (Å²) in [5.74, 6) is 0.120. The van der Waals surface area contributed by atoms with Crippen LogP contribution in [0.15, 0.2) is 34.5 Å². The summed E-state index contributed by atoms with van der Waals surface area (Å²) in [6, 6.07) is 4.22. The van der Waals surface area contributed by atoms with E-state index in [2.05, 4.69) is 10.3 Å². The van der Waals surface area contributed by atoms with Gasteiger partial charge < -0.3 is 25.6 Å². The Bertz CT molecular complexity index is 667. The third-order valence-electron chi connectivity index (χ3n) is 3.36. The van der Waals surface area contributed by atoms with Gasteiger partial charge in [0.15, 0.2) is 17.5 Å². The minimum absolute atomic E-state index is 0.0277. The molecule has 0 saturated carbocycles. The van der Waals surface area contributed by atoms with E-state index < -0.39 is 12.0 Å². The lowest BCUT2D eigenvalue weighted by Gasteiger charge is -2.24. The first-order valence-electron chi connectivity index (χ1n) is 7.41. The number of aromatic hydroxyl groups is 1. The first-order valence-corrected chi connectivity index (χ1v) is 7.41. The number of nitrogens with two attached hydrogens (primary N) is 1. The van der Waals surface area contributed by atoms with Crippen LogP contribution in [0.3, 0.4) is 0 Å². The molecule has 4 N–H and O–H groups in total. The Morgan fingerprint density at radius 1 is 1.39 bits per heavy atom. The van der Waals surface area contributed by atoms with Crippen LogP contribution in [0.4, 0.5) is 0 Å². The molecule has 0 unspecified atom stereocenters. The number of ether oxygens (including phenoxy) is 2. The van der Waals surface area contributed by atoms with Gasteiger partial charge in [-0.1, -0.05) is 6.07 Å². The Morgan fingerprint density at radius 3 is 2.78 bits per heavy atom. The quantitative estimate of drug-likeness (QED) is 0.712. The topological polar surface area (TPSA) is 106 Å². The van der Waals surface area contributed by atoms with Crippen molar-refractivity contribution >= 4 is 11.9 Å². The van der Waals surface area contributed by atoms with Crippen LogP contribution in [0.5, 0.6) is 11.5 Å². The van der Waals surface area contributed by atoms with E-state index in [9.17, 15) is 9.90 Å². The van der Waals surface area contributed by atoms with Gasteiger partial charge in [0.25, 0.3) is 0 Å². The molecule has 0 spiro atoms. The fraction of sp³-hybridized carbons (Fsp3) is 0.375. The molecule has 0 saturated heterocycles. The Balaban J connectivity index is 2.47. The van der Waals surface area contributed by atoms with E-state index in [1.54, 1.807) is 26.0 Å². The van der Waals surface area contributed by atoms with E-state index in [-0.39, 0.29) is 18.3 Å². The summed E-state index contributed by atoms with van der Waals surface area (Å²) >= 11 is 0. The second kappa shape index (κ2) is 7.04. The number of esters is 1. The molecule has 1 aliphatic heterocycles. The first kappa shape index (κ1) is 16.7. The number of carbonyl (C=O) groups is 1. The normalized spacial score (nSPS) is 17.3. The van der Waals surface area contributed by atoms with Crippen LogP contribution in [0.25, 0.3) is 0 Å². The van der Waals surface area contributed by atoms with Gasteiger partial charge in [0.2, 0.25) is 0 Å². The number of hydrogen-bond donors (Lipinski definition) is 3. The standard InChI is InChI=1S/C16H21N3O4/c1-4-22-12-8-10(6-7-11(12)20)14-13(15(21)23-5-2)9(3)18-16(17)19-14/h6-8,14,20H,4-5H2,1-3H3,(H3,17,18,19)/t14-/m0/s1. The van der Waals surface area contributed by atoms with Crippen molar-refractivity contribution in [2.24, 2.45) is 10.7 Å². The van der Waals surface area contributed by atoms with Crippen molar-refractivity contribution in [2.75, 3.05) is 13.2 Å². The molecule has 7 nitrogen and oxygen atoms in total. The highest BCUT2D eigenvalue weighted by atomic mass is 16.5. The average molecular weight is 319 g/mol. The van der Waals surface area contributed by atoms with Gasteiger partial charge in [0, 0.05) is 5.70 Å². The molecule has 1 aromatic carbocycles. The maximum Gasteiger partial charge on any atom is 0.338 e. The lowest BCUT2D eigenvalue weighted by molar-refractivity contribution is -0.138. The molecule has 0 aliphatic carbocycles. The molecule has 1 atom stereocenters. The number of benzene rings is 1. The second-order valence-corrected chi connectivity index (χ2v) is 4.96. The molecule has 1 aromatic rings. The molecule has 2 rings (SSSR count). The Labute approximate surface area is 134 Å². The third-order valence-corrected chi connectivity index (χ3v) is 3.36. The zero-order chi connectivity index (χ0) is 17.0. The number of carbonyl (C=O) groups excluding carboxylic acids is 1. The molecule has 0 fully saturated rings. The lowest BCUT2D eigenvalue weighted by atomic mass is 9.96. The van der Waals surface area contributed by atoms with Crippen LogP contribution in [0.2, 0.25) is 0 Å². The highest BCUT2D eigenvalue weighted by Crippen LogP contribution is 2.36. The molecule has 1 heterocycles. The van der Waals surface area contributed by atoms with E-state index >= 15 is 0 Å². The average Bonchev–Trinajstić information content (AvgIpc) is 2.49. The SMILES string of the molecule is CCOC(=O)C1=C(C)NC(N)=N[C@H]1c1ccc(O)c(OCC)c1. The molecule has 23 heavy (non-hydrogen) atoms. The van der Waals surface area contributed by atoms with Gasteiger partial charge in [0.1, 0.15) is 6.04 Å². The largest absolute Gasteiger partial charge is 0.504 e. The summed E-state index contributed by atoms with van der Waals surface area (Å²) in [7, 11) is 0.